The third-order valence-corrected chi connectivity index (χ3v) is 5.49. The van der Waals surface area contributed by atoms with Crippen molar-refractivity contribution in [1.29, 1.82) is 0 Å². The van der Waals surface area contributed by atoms with Crippen molar-refractivity contribution in [2.24, 2.45) is 35.5 Å². The van der Waals surface area contributed by atoms with Crippen LogP contribution >= 0.6 is 0 Å². The zero-order chi connectivity index (χ0) is 20.0. The fourth-order valence-corrected chi connectivity index (χ4v) is 3.90. The van der Waals surface area contributed by atoms with Crippen molar-refractivity contribution >= 4 is 23.9 Å². The SMILES string of the molecule is CC1CCC(C(=O)O)C(C(=O)O)C1.CC1CCC(C(=O)O)C(C(=O)O)C1.[Zn].[Zn]. The van der Waals surface area contributed by atoms with Crippen molar-refractivity contribution in [2.45, 2.75) is 52.4 Å². The molecule has 0 radical (unpaired) electrons. The van der Waals surface area contributed by atoms with E-state index >= 15 is 0 Å². The molecule has 2 saturated carbocycles. The van der Waals surface area contributed by atoms with E-state index in [4.69, 9.17) is 20.4 Å². The molecular formula is C18H28O8Zn2. The standard InChI is InChI=1S/2C9H14O4.2Zn/c2*1-5-2-3-6(8(10)11)7(4-5)9(12)13;;/h2*5-7H,2-4H2,1H3,(H,10,11)(H,12,13);;. The van der Waals surface area contributed by atoms with Gasteiger partial charge in [0.15, 0.2) is 0 Å². The molecule has 152 valence electrons. The van der Waals surface area contributed by atoms with Crippen molar-refractivity contribution < 1.29 is 78.6 Å². The minimum absolute atomic E-state index is 0. The second kappa shape index (κ2) is 13.4. The number of carboxylic acids is 4. The van der Waals surface area contributed by atoms with Gasteiger partial charge < -0.3 is 20.4 Å². The van der Waals surface area contributed by atoms with Crippen LogP contribution in [0.2, 0.25) is 0 Å². The number of hydrogen-bond donors (Lipinski definition) is 4. The first-order valence-corrected chi connectivity index (χ1v) is 8.95. The summed E-state index contributed by atoms with van der Waals surface area (Å²) in [6, 6.07) is 0. The molecule has 0 amide bonds. The summed E-state index contributed by atoms with van der Waals surface area (Å²) >= 11 is 0. The number of aliphatic carboxylic acids is 4. The Bertz CT molecular complexity index is 506. The van der Waals surface area contributed by atoms with Crippen LogP contribution in [0.3, 0.4) is 0 Å². The van der Waals surface area contributed by atoms with Gasteiger partial charge in [0.2, 0.25) is 0 Å². The van der Waals surface area contributed by atoms with Crippen molar-refractivity contribution in [1.82, 2.24) is 0 Å². The van der Waals surface area contributed by atoms with Crippen LogP contribution in [-0.4, -0.2) is 44.3 Å². The molecule has 10 heteroatoms. The van der Waals surface area contributed by atoms with Crippen molar-refractivity contribution in [3.8, 4) is 0 Å². The van der Waals surface area contributed by atoms with E-state index in [1.807, 2.05) is 13.8 Å². The Labute approximate surface area is 190 Å². The van der Waals surface area contributed by atoms with E-state index in [0.717, 1.165) is 12.8 Å². The van der Waals surface area contributed by atoms with Crippen LogP contribution in [0.5, 0.6) is 0 Å². The Morgan fingerprint density at radius 3 is 1.00 bits per heavy atom. The summed E-state index contributed by atoms with van der Waals surface area (Å²) < 4.78 is 0. The van der Waals surface area contributed by atoms with Crippen LogP contribution in [0.15, 0.2) is 0 Å². The fraction of sp³-hybridized carbons (Fsp3) is 0.778. The molecule has 0 saturated heterocycles. The summed E-state index contributed by atoms with van der Waals surface area (Å²) in [6.07, 6.45) is 3.61. The Hall–Kier alpha value is -0.873. The topological polar surface area (TPSA) is 149 Å². The van der Waals surface area contributed by atoms with E-state index in [1.165, 1.54) is 0 Å². The maximum atomic E-state index is 10.8. The summed E-state index contributed by atoms with van der Waals surface area (Å²) in [5.41, 5.74) is 0. The van der Waals surface area contributed by atoms with Gasteiger partial charge in [0.05, 0.1) is 23.7 Å². The van der Waals surface area contributed by atoms with E-state index in [9.17, 15) is 19.2 Å². The van der Waals surface area contributed by atoms with Crippen LogP contribution in [-0.2, 0) is 58.1 Å². The molecule has 2 fully saturated rings. The van der Waals surface area contributed by atoms with Gasteiger partial charge in [0.25, 0.3) is 0 Å². The van der Waals surface area contributed by atoms with E-state index in [1.54, 1.807) is 0 Å². The molecule has 4 N–H and O–H groups in total. The van der Waals surface area contributed by atoms with Gasteiger partial charge in [-0.3, -0.25) is 19.2 Å². The summed E-state index contributed by atoms with van der Waals surface area (Å²) in [5.74, 6) is -5.99. The Balaban J connectivity index is 0. The maximum absolute atomic E-state index is 10.8. The molecule has 0 heterocycles. The van der Waals surface area contributed by atoms with E-state index in [2.05, 4.69) is 0 Å². The van der Waals surface area contributed by atoms with Gasteiger partial charge >= 0.3 is 23.9 Å². The van der Waals surface area contributed by atoms with Crippen LogP contribution in [0.4, 0.5) is 0 Å². The maximum Gasteiger partial charge on any atom is 0.307 e. The summed E-state index contributed by atoms with van der Waals surface area (Å²) in [5, 5.41) is 35.2. The predicted octanol–water partition coefficient (Wildman–Crippen LogP) is 2.41. The molecule has 2 aliphatic rings. The first-order valence-electron chi connectivity index (χ1n) is 8.95. The van der Waals surface area contributed by atoms with Crippen LogP contribution in [0.1, 0.15) is 52.4 Å². The molecule has 0 aromatic rings. The molecule has 0 bridgehead atoms. The molecule has 2 rings (SSSR count). The van der Waals surface area contributed by atoms with Gasteiger partial charge in [-0.25, -0.2) is 0 Å². The third kappa shape index (κ3) is 8.65. The van der Waals surface area contributed by atoms with Gasteiger partial charge in [0.1, 0.15) is 0 Å². The fourth-order valence-electron chi connectivity index (χ4n) is 3.90. The smallest absolute Gasteiger partial charge is 0.307 e. The molecule has 0 aliphatic heterocycles. The van der Waals surface area contributed by atoms with Gasteiger partial charge in [-0.15, -0.1) is 0 Å². The van der Waals surface area contributed by atoms with E-state index < -0.39 is 47.5 Å². The van der Waals surface area contributed by atoms with Crippen LogP contribution < -0.4 is 0 Å². The van der Waals surface area contributed by atoms with Gasteiger partial charge in [-0.05, 0) is 50.4 Å². The van der Waals surface area contributed by atoms with E-state index in [0.29, 0.717) is 37.5 Å². The van der Waals surface area contributed by atoms with Crippen molar-refractivity contribution in [2.75, 3.05) is 0 Å². The average Bonchev–Trinajstić information content (AvgIpc) is 2.54. The third-order valence-electron chi connectivity index (χ3n) is 5.49. The zero-order valence-corrected chi connectivity index (χ0v) is 22.5. The average molecular weight is 503 g/mol. The van der Waals surface area contributed by atoms with Gasteiger partial charge in [0, 0.05) is 39.0 Å². The van der Waals surface area contributed by atoms with Gasteiger partial charge in [-0.1, -0.05) is 13.8 Å². The number of carbonyl (C=O) groups is 4. The second-order valence-electron chi connectivity index (χ2n) is 7.62. The molecule has 0 aromatic carbocycles. The summed E-state index contributed by atoms with van der Waals surface area (Å²) in [4.78, 5) is 42.9. The molecule has 2 aliphatic carbocycles. The Kier molecular flexibility index (Phi) is 14.0. The number of hydrogen-bond acceptors (Lipinski definition) is 4. The minimum atomic E-state index is -0.973. The van der Waals surface area contributed by atoms with Crippen molar-refractivity contribution in [3.05, 3.63) is 0 Å². The normalized spacial score (nSPS) is 31.6. The van der Waals surface area contributed by atoms with Crippen molar-refractivity contribution in [3.63, 3.8) is 0 Å². The van der Waals surface area contributed by atoms with Crippen LogP contribution in [0, 0.1) is 35.5 Å². The van der Waals surface area contributed by atoms with E-state index in [-0.39, 0.29) is 39.0 Å². The summed E-state index contributed by atoms with van der Waals surface area (Å²) in [6.45, 7) is 3.93. The minimum Gasteiger partial charge on any atom is -0.481 e. The summed E-state index contributed by atoms with van der Waals surface area (Å²) in [7, 11) is 0. The first-order chi connectivity index (χ1) is 12.0. The molecular weight excluding hydrogens is 475 g/mol. The molecule has 8 nitrogen and oxygen atoms in total. The Morgan fingerprint density at radius 2 is 0.786 bits per heavy atom. The molecule has 6 atom stereocenters. The molecule has 28 heavy (non-hydrogen) atoms. The zero-order valence-electron chi connectivity index (χ0n) is 16.5. The Morgan fingerprint density at radius 1 is 0.536 bits per heavy atom. The quantitative estimate of drug-likeness (QED) is 0.428. The second-order valence-corrected chi connectivity index (χ2v) is 7.62. The number of rotatable bonds is 4. The predicted molar refractivity (Wildman–Crippen MR) is 90.5 cm³/mol. The largest absolute Gasteiger partial charge is 0.481 e. The monoisotopic (exact) mass is 500 g/mol. The van der Waals surface area contributed by atoms with Crippen LogP contribution in [0.25, 0.3) is 0 Å². The molecule has 6 unspecified atom stereocenters. The molecule has 0 spiro atoms. The molecule has 0 aromatic heterocycles. The van der Waals surface area contributed by atoms with Gasteiger partial charge in [-0.2, -0.15) is 0 Å². The number of carboxylic acid groups (broad SMARTS) is 4. The first kappa shape index (κ1) is 29.3.